The van der Waals surface area contributed by atoms with Crippen LogP contribution < -0.4 is 5.32 Å². The molecule has 0 aliphatic rings. The second kappa shape index (κ2) is 7.64. The number of rotatable bonds is 4. The molecule has 0 fully saturated rings. The molecule has 6 heteroatoms. The van der Waals surface area contributed by atoms with Gasteiger partial charge in [0.1, 0.15) is 11.6 Å². The predicted molar refractivity (Wildman–Crippen MR) is 95.0 cm³/mol. The molecule has 2 aromatic rings. The first-order valence-electron chi connectivity index (χ1n) is 8.15. The summed E-state index contributed by atoms with van der Waals surface area (Å²) in [5.41, 5.74) is 1.23. The molecule has 0 saturated heterocycles. The summed E-state index contributed by atoms with van der Waals surface area (Å²) in [6, 6.07) is 9.82. The van der Waals surface area contributed by atoms with Crippen molar-refractivity contribution in [2.75, 3.05) is 5.32 Å². The van der Waals surface area contributed by atoms with E-state index in [9.17, 15) is 18.4 Å². The summed E-state index contributed by atoms with van der Waals surface area (Å²) in [6.45, 7) is 7.61. The molecule has 26 heavy (non-hydrogen) atoms. The lowest BCUT2D eigenvalue weighted by Gasteiger charge is -2.19. The summed E-state index contributed by atoms with van der Waals surface area (Å²) in [7, 11) is 0. The Labute approximate surface area is 151 Å². The molecular weight excluding hydrogens is 340 g/mol. The monoisotopic (exact) mass is 361 g/mol. The summed E-state index contributed by atoms with van der Waals surface area (Å²) < 4.78 is 31.4. The molecular formula is C20H21F2NO3. The smallest absolute Gasteiger partial charge is 0.341 e. The fourth-order valence-corrected chi connectivity index (χ4v) is 2.23. The van der Waals surface area contributed by atoms with Crippen LogP contribution in [0.1, 0.15) is 43.6 Å². The fraction of sp³-hybridized carbons (Fsp3) is 0.300. The van der Waals surface area contributed by atoms with Gasteiger partial charge in [-0.25, -0.2) is 13.6 Å². The van der Waals surface area contributed by atoms with Gasteiger partial charge in [-0.15, -0.1) is 0 Å². The average molecular weight is 361 g/mol. The topological polar surface area (TPSA) is 55.4 Å². The van der Waals surface area contributed by atoms with E-state index in [2.05, 4.69) is 26.1 Å². The maximum absolute atomic E-state index is 13.6. The van der Waals surface area contributed by atoms with Crippen LogP contribution in [-0.4, -0.2) is 18.0 Å². The van der Waals surface area contributed by atoms with Crippen molar-refractivity contribution >= 4 is 17.6 Å². The van der Waals surface area contributed by atoms with Crippen molar-refractivity contribution in [3.8, 4) is 0 Å². The summed E-state index contributed by atoms with van der Waals surface area (Å²) in [5.74, 6) is -3.43. The third-order valence-corrected chi connectivity index (χ3v) is 3.82. The molecule has 1 N–H and O–H groups in total. The molecule has 0 spiro atoms. The molecule has 1 atom stereocenters. The Morgan fingerprint density at radius 1 is 1.04 bits per heavy atom. The van der Waals surface area contributed by atoms with Crippen LogP contribution in [0.15, 0.2) is 42.5 Å². The second-order valence-electron chi connectivity index (χ2n) is 6.99. The highest BCUT2D eigenvalue weighted by Gasteiger charge is 2.22. The number of amides is 1. The lowest BCUT2D eigenvalue weighted by Crippen LogP contribution is -2.30. The first-order valence-corrected chi connectivity index (χ1v) is 8.15. The van der Waals surface area contributed by atoms with Gasteiger partial charge in [0.2, 0.25) is 0 Å². The number of esters is 1. The summed E-state index contributed by atoms with van der Waals surface area (Å²) in [6.07, 6.45) is -1.14. The van der Waals surface area contributed by atoms with Crippen molar-refractivity contribution in [3.05, 3.63) is 65.2 Å². The number of benzene rings is 2. The zero-order valence-electron chi connectivity index (χ0n) is 15.1. The maximum Gasteiger partial charge on any atom is 0.341 e. The number of ether oxygens (including phenoxy) is 1. The largest absolute Gasteiger partial charge is 0.449 e. The van der Waals surface area contributed by atoms with Gasteiger partial charge < -0.3 is 10.1 Å². The highest BCUT2D eigenvalue weighted by molar-refractivity contribution is 5.97. The summed E-state index contributed by atoms with van der Waals surface area (Å²) >= 11 is 0. The van der Waals surface area contributed by atoms with E-state index in [-0.39, 0.29) is 5.41 Å². The van der Waals surface area contributed by atoms with E-state index < -0.39 is 35.2 Å². The van der Waals surface area contributed by atoms with Crippen LogP contribution in [0.5, 0.6) is 0 Å². The third kappa shape index (κ3) is 4.88. The molecule has 1 amide bonds. The van der Waals surface area contributed by atoms with Crippen molar-refractivity contribution in [2.24, 2.45) is 0 Å². The normalized spacial score (nSPS) is 12.4. The van der Waals surface area contributed by atoms with Gasteiger partial charge in [-0.05, 0) is 42.2 Å². The zero-order valence-corrected chi connectivity index (χ0v) is 15.1. The standard InChI is InChI=1S/C20H21F2NO3/c1-12(26-19(25)16-10-7-14(21)11-17(16)22)18(24)23-15-8-5-13(6-9-15)20(2,3)4/h5-12H,1-4H3,(H,23,24). The van der Waals surface area contributed by atoms with Crippen molar-refractivity contribution in [2.45, 2.75) is 39.2 Å². The zero-order chi connectivity index (χ0) is 19.5. The molecule has 0 heterocycles. The SMILES string of the molecule is CC(OC(=O)c1ccc(F)cc1F)C(=O)Nc1ccc(C(C)(C)C)cc1. The van der Waals surface area contributed by atoms with Gasteiger partial charge in [0, 0.05) is 11.8 Å². The lowest BCUT2D eigenvalue weighted by atomic mass is 9.87. The number of carbonyl (C=O) groups excluding carboxylic acids is 2. The minimum absolute atomic E-state index is 0.00933. The van der Waals surface area contributed by atoms with Crippen LogP contribution in [-0.2, 0) is 14.9 Å². The molecule has 0 aliphatic heterocycles. The van der Waals surface area contributed by atoms with E-state index >= 15 is 0 Å². The summed E-state index contributed by atoms with van der Waals surface area (Å²) in [5, 5.41) is 2.63. The number of anilines is 1. The van der Waals surface area contributed by atoms with Gasteiger partial charge in [0.05, 0.1) is 5.56 Å². The number of halogens is 2. The van der Waals surface area contributed by atoms with Gasteiger partial charge in [-0.2, -0.15) is 0 Å². The summed E-state index contributed by atoms with van der Waals surface area (Å²) in [4.78, 5) is 24.1. The van der Waals surface area contributed by atoms with Crippen LogP contribution in [0.4, 0.5) is 14.5 Å². The van der Waals surface area contributed by atoms with Gasteiger partial charge >= 0.3 is 5.97 Å². The first kappa shape index (κ1) is 19.6. The Hall–Kier alpha value is -2.76. The number of hydrogen-bond acceptors (Lipinski definition) is 3. The molecule has 1 unspecified atom stereocenters. The van der Waals surface area contributed by atoms with Crippen molar-refractivity contribution < 1.29 is 23.1 Å². The van der Waals surface area contributed by atoms with Gasteiger partial charge in [-0.3, -0.25) is 4.79 Å². The molecule has 0 saturated carbocycles. The molecule has 138 valence electrons. The van der Waals surface area contributed by atoms with E-state index in [1.807, 2.05) is 12.1 Å². The van der Waals surface area contributed by atoms with E-state index in [1.165, 1.54) is 6.92 Å². The molecule has 0 aromatic heterocycles. The highest BCUT2D eigenvalue weighted by Crippen LogP contribution is 2.23. The predicted octanol–water partition coefficient (Wildman–Crippen LogP) is 4.45. The van der Waals surface area contributed by atoms with Gasteiger partial charge in [0.15, 0.2) is 6.10 Å². The molecule has 2 rings (SSSR count). The van der Waals surface area contributed by atoms with Crippen molar-refractivity contribution in [1.82, 2.24) is 0 Å². The van der Waals surface area contributed by atoms with Crippen molar-refractivity contribution in [3.63, 3.8) is 0 Å². The van der Waals surface area contributed by atoms with Crippen LogP contribution >= 0.6 is 0 Å². The van der Waals surface area contributed by atoms with Crippen LogP contribution in [0.25, 0.3) is 0 Å². The van der Waals surface area contributed by atoms with Crippen molar-refractivity contribution in [1.29, 1.82) is 0 Å². The van der Waals surface area contributed by atoms with Gasteiger partial charge in [-0.1, -0.05) is 32.9 Å². The quantitative estimate of drug-likeness (QED) is 0.819. The van der Waals surface area contributed by atoms with E-state index in [0.717, 1.165) is 17.7 Å². The van der Waals surface area contributed by atoms with E-state index in [1.54, 1.807) is 12.1 Å². The third-order valence-electron chi connectivity index (χ3n) is 3.82. The van der Waals surface area contributed by atoms with Crippen LogP contribution in [0.3, 0.4) is 0 Å². The van der Waals surface area contributed by atoms with E-state index in [4.69, 9.17) is 4.74 Å². The number of nitrogens with one attached hydrogen (secondary N) is 1. The second-order valence-corrected chi connectivity index (χ2v) is 6.99. The lowest BCUT2D eigenvalue weighted by molar-refractivity contribution is -0.123. The molecule has 0 radical (unpaired) electrons. The number of hydrogen-bond donors (Lipinski definition) is 1. The maximum atomic E-state index is 13.6. The minimum atomic E-state index is -1.14. The Balaban J connectivity index is 2.00. The Kier molecular flexibility index (Phi) is 5.75. The Bertz CT molecular complexity index is 811. The van der Waals surface area contributed by atoms with E-state index in [0.29, 0.717) is 11.8 Å². The Morgan fingerprint density at radius 2 is 1.65 bits per heavy atom. The number of carbonyl (C=O) groups is 2. The molecule has 4 nitrogen and oxygen atoms in total. The molecule has 0 aliphatic carbocycles. The Morgan fingerprint density at radius 3 is 2.19 bits per heavy atom. The van der Waals surface area contributed by atoms with Crippen LogP contribution in [0, 0.1) is 11.6 Å². The minimum Gasteiger partial charge on any atom is -0.449 e. The molecule has 2 aromatic carbocycles. The van der Waals surface area contributed by atoms with Crippen LogP contribution in [0.2, 0.25) is 0 Å². The molecule has 0 bridgehead atoms. The highest BCUT2D eigenvalue weighted by atomic mass is 19.1. The fourth-order valence-electron chi connectivity index (χ4n) is 2.23. The van der Waals surface area contributed by atoms with Gasteiger partial charge in [0.25, 0.3) is 5.91 Å². The first-order chi connectivity index (χ1) is 12.1. The average Bonchev–Trinajstić information content (AvgIpc) is 2.54.